The van der Waals surface area contributed by atoms with Gasteiger partial charge in [0.05, 0.1) is 12.5 Å². The third-order valence-electron chi connectivity index (χ3n) is 4.12. The molecule has 4 nitrogen and oxygen atoms in total. The molecule has 24 heavy (non-hydrogen) atoms. The number of fused-ring (bicyclic) bond motifs is 1. The van der Waals surface area contributed by atoms with Gasteiger partial charge < -0.3 is 10.1 Å². The standard InChI is InChI=1S/C19H18ClNO3/c20-16-8-4-2-6-14(16)11-19(23)24-12-18(22)21-17-10-9-13-5-1-3-7-15(13)17/h1-8,17H,9-12H2,(H,21,22)/t17-/m1/s1. The topological polar surface area (TPSA) is 55.4 Å². The summed E-state index contributed by atoms with van der Waals surface area (Å²) in [6.45, 7) is -0.276. The molecule has 0 heterocycles. The molecular weight excluding hydrogens is 326 g/mol. The number of carbonyl (C=O) groups is 2. The Bertz CT molecular complexity index is 760. The minimum atomic E-state index is -0.468. The Morgan fingerprint density at radius 3 is 2.71 bits per heavy atom. The second-order valence-corrected chi connectivity index (χ2v) is 6.19. The first-order valence-corrected chi connectivity index (χ1v) is 8.27. The molecule has 1 atom stereocenters. The third-order valence-corrected chi connectivity index (χ3v) is 4.49. The van der Waals surface area contributed by atoms with Crippen molar-refractivity contribution in [3.63, 3.8) is 0 Å². The number of hydrogen-bond donors (Lipinski definition) is 1. The molecule has 3 rings (SSSR count). The molecule has 0 saturated carbocycles. The van der Waals surface area contributed by atoms with Gasteiger partial charge in [0.1, 0.15) is 0 Å². The Hall–Kier alpha value is -2.33. The first-order valence-electron chi connectivity index (χ1n) is 7.89. The van der Waals surface area contributed by atoms with Crippen LogP contribution < -0.4 is 5.32 Å². The number of amides is 1. The van der Waals surface area contributed by atoms with Gasteiger partial charge in [-0.15, -0.1) is 0 Å². The summed E-state index contributed by atoms with van der Waals surface area (Å²) in [4.78, 5) is 23.9. The summed E-state index contributed by atoms with van der Waals surface area (Å²) in [6.07, 6.45) is 1.88. The number of carbonyl (C=O) groups excluding carboxylic acids is 2. The molecule has 1 aliphatic rings. The Kier molecular flexibility index (Phi) is 5.16. The molecule has 5 heteroatoms. The lowest BCUT2D eigenvalue weighted by Crippen LogP contribution is -2.31. The van der Waals surface area contributed by atoms with Crippen molar-refractivity contribution in [3.05, 3.63) is 70.2 Å². The van der Waals surface area contributed by atoms with Crippen molar-refractivity contribution in [1.82, 2.24) is 5.32 Å². The van der Waals surface area contributed by atoms with E-state index < -0.39 is 5.97 Å². The van der Waals surface area contributed by atoms with E-state index in [1.54, 1.807) is 24.3 Å². The van der Waals surface area contributed by atoms with Crippen LogP contribution in [0.3, 0.4) is 0 Å². The number of ether oxygens (including phenoxy) is 1. The number of nitrogens with one attached hydrogen (secondary N) is 1. The van der Waals surface area contributed by atoms with E-state index in [2.05, 4.69) is 11.4 Å². The second-order valence-electron chi connectivity index (χ2n) is 5.79. The molecule has 1 amide bonds. The monoisotopic (exact) mass is 343 g/mol. The van der Waals surface area contributed by atoms with E-state index in [4.69, 9.17) is 16.3 Å². The first-order chi connectivity index (χ1) is 11.6. The number of rotatable bonds is 5. The summed E-state index contributed by atoms with van der Waals surface area (Å²) in [5.74, 6) is -0.755. The maximum Gasteiger partial charge on any atom is 0.310 e. The van der Waals surface area contributed by atoms with E-state index in [-0.39, 0.29) is 25.0 Å². The van der Waals surface area contributed by atoms with Crippen LogP contribution in [0, 0.1) is 0 Å². The molecule has 0 aromatic heterocycles. The molecule has 0 radical (unpaired) electrons. The van der Waals surface area contributed by atoms with Gasteiger partial charge in [-0.2, -0.15) is 0 Å². The van der Waals surface area contributed by atoms with E-state index in [0.29, 0.717) is 10.6 Å². The van der Waals surface area contributed by atoms with Gasteiger partial charge in [-0.05, 0) is 35.6 Å². The molecule has 0 aliphatic heterocycles. The average Bonchev–Trinajstić information content (AvgIpc) is 2.98. The van der Waals surface area contributed by atoms with Gasteiger partial charge in [-0.3, -0.25) is 9.59 Å². The smallest absolute Gasteiger partial charge is 0.310 e. The molecule has 1 aliphatic carbocycles. The number of benzene rings is 2. The predicted molar refractivity (Wildman–Crippen MR) is 91.8 cm³/mol. The van der Waals surface area contributed by atoms with Crippen LogP contribution in [0.2, 0.25) is 5.02 Å². The van der Waals surface area contributed by atoms with Gasteiger partial charge in [0, 0.05) is 5.02 Å². The highest BCUT2D eigenvalue weighted by Gasteiger charge is 2.23. The van der Waals surface area contributed by atoms with Gasteiger partial charge in [0.25, 0.3) is 5.91 Å². The predicted octanol–water partition coefficient (Wildman–Crippen LogP) is 3.23. The zero-order valence-corrected chi connectivity index (χ0v) is 13.9. The second kappa shape index (κ2) is 7.49. The maximum atomic E-state index is 12.0. The van der Waals surface area contributed by atoms with Gasteiger partial charge in [-0.1, -0.05) is 54.1 Å². The molecule has 0 spiro atoms. The molecule has 0 saturated heterocycles. The fourth-order valence-electron chi connectivity index (χ4n) is 2.94. The Labute approximate surface area is 145 Å². The van der Waals surface area contributed by atoms with Crippen LogP contribution in [-0.2, 0) is 27.2 Å². The Morgan fingerprint density at radius 2 is 1.88 bits per heavy atom. The molecular formula is C19H18ClNO3. The number of esters is 1. The van der Waals surface area contributed by atoms with Crippen molar-refractivity contribution < 1.29 is 14.3 Å². The van der Waals surface area contributed by atoms with Crippen LogP contribution in [0.5, 0.6) is 0 Å². The highest BCUT2D eigenvalue weighted by atomic mass is 35.5. The van der Waals surface area contributed by atoms with Crippen LogP contribution in [-0.4, -0.2) is 18.5 Å². The Morgan fingerprint density at radius 1 is 1.12 bits per heavy atom. The average molecular weight is 344 g/mol. The molecule has 124 valence electrons. The van der Waals surface area contributed by atoms with Crippen molar-refractivity contribution in [2.45, 2.75) is 25.3 Å². The Balaban J connectivity index is 1.48. The zero-order valence-electron chi connectivity index (χ0n) is 13.1. The molecule has 0 bridgehead atoms. The van der Waals surface area contributed by atoms with Crippen LogP contribution in [0.15, 0.2) is 48.5 Å². The fraction of sp³-hybridized carbons (Fsp3) is 0.263. The van der Waals surface area contributed by atoms with Crippen molar-refractivity contribution in [2.24, 2.45) is 0 Å². The highest BCUT2D eigenvalue weighted by molar-refractivity contribution is 6.31. The van der Waals surface area contributed by atoms with Gasteiger partial charge in [0.15, 0.2) is 6.61 Å². The zero-order chi connectivity index (χ0) is 16.9. The number of aryl methyl sites for hydroxylation is 1. The van der Waals surface area contributed by atoms with Gasteiger partial charge in [0.2, 0.25) is 0 Å². The first kappa shape index (κ1) is 16.5. The molecule has 2 aromatic rings. The molecule has 1 N–H and O–H groups in total. The normalized spacial score (nSPS) is 15.6. The number of halogens is 1. The maximum absolute atomic E-state index is 12.0. The van der Waals surface area contributed by atoms with E-state index >= 15 is 0 Å². The van der Waals surface area contributed by atoms with Crippen molar-refractivity contribution in [1.29, 1.82) is 0 Å². The lowest BCUT2D eigenvalue weighted by molar-refractivity contribution is -0.148. The third kappa shape index (κ3) is 3.95. The minimum absolute atomic E-state index is 0.00373. The summed E-state index contributed by atoms with van der Waals surface area (Å²) in [5, 5.41) is 3.44. The van der Waals surface area contributed by atoms with E-state index in [1.165, 1.54) is 5.56 Å². The highest BCUT2D eigenvalue weighted by Crippen LogP contribution is 2.30. The van der Waals surface area contributed by atoms with Crippen molar-refractivity contribution in [3.8, 4) is 0 Å². The summed E-state index contributed by atoms with van der Waals surface area (Å²) < 4.78 is 5.05. The van der Waals surface area contributed by atoms with Crippen LogP contribution in [0.4, 0.5) is 0 Å². The van der Waals surface area contributed by atoms with Crippen LogP contribution in [0.25, 0.3) is 0 Å². The SMILES string of the molecule is O=C(COC(=O)Cc1ccccc1Cl)N[C@@H]1CCc2ccccc21. The quantitative estimate of drug-likeness (QED) is 0.848. The van der Waals surface area contributed by atoms with E-state index in [1.807, 2.05) is 18.2 Å². The van der Waals surface area contributed by atoms with Crippen molar-refractivity contribution in [2.75, 3.05) is 6.61 Å². The van der Waals surface area contributed by atoms with Crippen LogP contribution >= 0.6 is 11.6 Å². The summed E-state index contributed by atoms with van der Waals surface area (Å²) in [7, 11) is 0. The molecule has 2 aromatic carbocycles. The largest absolute Gasteiger partial charge is 0.455 e. The van der Waals surface area contributed by atoms with Gasteiger partial charge in [-0.25, -0.2) is 0 Å². The fourth-order valence-corrected chi connectivity index (χ4v) is 3.14. The van der Waals surface area contributed by atoms with E-state index in [9.17, 15) is 9.59 Å². The summed E-state index contributed by atoms with van der Waals surface area (Å²) in [6, 6.07) is 15.1. The lowest BCUT2D eigenvalue weighted by Gasteiger charge is -2.14. The van der Waals surface area contributed by atoms with Gasteiger partial charge >= 0.3 is 5.97 Å². The van der Waals surface area contributed by atoms with Crippen molar-refractivity contribution >= 4 is 23.5 Å². The molecule has 0 unspecified atom stereocenters. The lowest BCUT2D eigenvalue weighted by atomic mass is 10.1. The summed E-state index contributed by atoms with van der Waals surface area (Å²) in [5.41, 5.74) is 3.10. The molecule has 0 fully saturated rings. The minimum Gasteiger partial charge on any atom is -0.455 e. The summed E-state index contributed by atoms with van der Waals surface area (Å²) >= 11 is 6.01. The van der Waals surface area contributed by atoms with E-state index in [0.717, 1.165) is 18.4 Å². The van der Waals surface area contributed by atoms with Crippen LogP contribution in [0.1, 0.15) is 29.2 Å². The number of hydrogen-bond acceptors (Lipinski definition) is 3.